The predicted octanol–water partition coefficient (Wildman–Crippen LogP) is 4.13. The lowest BCUT2D eigenvalue weighted by Gasteiger charge is -2.24. The van der Waals surface area contributed by atoms with Crippen molar-refractivity contribution in [1.29, 1.82) is 0 Å². The highest BCUT2D eigenvalue weighted by Gasteiger charge is 2.28. The van der Waals surface area contributed by atoms with Gasteiger partial charge < -0.3 is 9.63 Å². The van der Waals surface area contributed by atoms with Crippen LogP contribution in [0.5, 0.6) is 0 Å². The van der Waals surface area contributed by atoms with Gasteiger partial charge in [-0.25, -0.2) is 0 Å². The van der Waals surface area contributed by atoms with Crippen LogP contribution in [0.4, 0.5) is 0 Å². The minimum absolute atomic E-state index is 0.335. The number of aromatic nitrogens is 1. The van der Waals surface area contributed by atoms with Gasteiger partial charge in [0.2, 0.25) is 0 Å². The van der Waals surface area contributed by atoms with Crippen LogP contribution in [0.2, 0.25) is 0 Å². The molecule has 116 valence electrons. The van der Waals surface area contributed by atoms with Gasteiger partial charge in [0.25, 0.3) is 0 Å². The normalized spacial score (nSPS) is 14.0. The fourth-order valence-electron chi connectivity index (χ4n) is 2.55. The van der Waals surface area contributed by atoms with E-state index in [1.54, 1.807) is 0 Å². The number of nitrogens with zero attached hydrogens (tertiary/aromatic N) is 1. The Morgan fingerprint density at radius 1 is 1.04 bits per heavy atom. The monoisotopic (exact) mass is 305 g/mol. The third-order valence-electron chi connectivity index (χ3n) is 3.75. The minimum atomic E-state index is -1.15. The summed E-state index contributed by atoms with van der Waals surface area (Å²) in [7, 11) is 0. The summed E-state index contributed by atoms with van der Waals surface area (Å²) in [5, 5.41) is 15.1. The summed E-state index contributed by atoms with van der Waals surface area (Å²) >= 11 is 0. The van der Waals surface area contributed by atoms with Crippen molar-refractivity contribution in [3.63, 3.8) is 0 Å². The molecule has 3 aromatic rings. The maximum absolute atomic E-state index is 11.2. The molecule has 0 saturated heterocycles. The largest absolute Gasteiger partial charge is 0.381 e. The van der Waals surface area contributed by atoms with Crippen LogP contribution in [0.1, 0.15) is 22.6 Å². The van der Waals surface area contributed by atoms with Crippen LogP contribution >= 0.6 is 0 Å². The van der Waals surface area contributed by atoms with Crippen LogP contribution in [0.3, 0.4) is 0 Å². The zero-order valence-electron chi connectivity index (χ0n) is 13.0. The number of hydrogen-bond acceptors (Lipinski definition) is 3. The third kappa shape index (κ3) is 3.76. The van der Waals surface area contributed by atoms with Crippen LogP contribution in [-0.2, 0) is 12.0 Å². The molecule has 2 aromatic carbocycles. The van der Waals surface area contributed by atoms with Crippen LogP contribution in [0.15, 0.2) is 77.3 Å². The summed E-state index contributed by atoms with van der Waals surface area (Å²) in [4.78, 5) is 0. The van der Waals surface area contributed by atoms with Gasteiger partial charge in [-0.2, -0.15) is 0 Å². The molecule has 0 radical (unpaired) electrons. The van der Waals surface area contributed by atoms with E-state index in [9.17, 15) is 5.11 Å². The molecule has 0 spiro atoms. The summed E-state index contributed by atoms with van der Waals surface area (Å²) in [5.41, 5.74) is 1.52. The van der Waals surface area contributed by atoms with Crippen LogP contribution in [-0.4, -0.2) is 10.3 Å². The molecule has 0 aliphatic rings. The van der Waals surface area contributed by atoms with Gasteiger partial charge in [0.15, 0.2) is 0 Å². The average molecular weight is 305 g/mol. The first-order valence-corrected chi connectivity index (χ1v) is 7.60. The summed E-state index contributed by atoms with van der Waals surface area (Å²) in [6.07, 6.45) is 4.08. The smallest absolute Gasteiger partial charge is 0.140 e. The van der Waals surface area contributed by atoms with Crippen molar-refractivity contribution in [3.8, 4) is 0 Å². The van der Waals surface area contributed by atoms with Crippen LogP contribution in [0.25, 0.3) is 6.08 Å². The van der Waals surface area contributed by atoms with Crippen molar-refractivity contribution >= 4 is 6.08 Å². The first-order chi connectivity index (χ1) is 11.2. The molecule has 0 unspecified atom stereocenters. The lowest BCUT2D eigenvalue weighted by Crippen LogP contribution is -2.25. The summed E-state index contributed by atoms with van der Waals surface area (Å²) in [6.45, 7) is 1.87. The van der Waals surface area contributed by atoms with Crippen molar-refractivity contribution in [2.45, 2.75) is 18.9 Å². The van der Waals surface area contributed by atoms with Crippen molar-refractivity contribution in [3.05, 3.63) is 95.4 Å². The zero-order chi connectivity index (χ0) is 16.1. The minimum Gasteiger partial charge on any atom is -0.381 e. The summed E-state index contributed by atoms with van der Waals surface area (Å²) in [6, 6.07) is 21.4. The van der Waals surface area contributed by atoms with E-state index in [1.807, 2.05) is 85.8 Å². The SMILES string of the molecule is Cc1cc(C[C@](O)(/C=C/c2ccccc2)c2ccccc2)on1. The number of rotatable bonds is 5. The Kier molecular flexibility index (Phi) is 4.40. The van der Waals surface area contributed by atoms with Crippen molar-refractivity contribution in [2.75, 3.05) is 0 Å². The standard InChI is InChI=1S/C20H19NO2/c1-16-14-19(23-21-16)15-20(22,18-10-6-3-7-11-18)13-12-17-8-4-2-5-9-17/h2-14,22H,15H2,1H3/b13-12+/t20-/m1/s1. The Balaban J connectivity index is 1.94. The van der Waals surface area contributed by atoms with E-state index in [4.69, 9.17) is 4.52 Å². The molecule has 3 nitrogen and oxygen atoms in total. The Morgan fingerprint density at radius 2 is 1.70 bits per heavy atom. The van der Waals surface area contributed by atoms with Gasteiger partial charge >= 0.3 is 0 Å². The maximum Gasteiger partial charge on any atom is 0.140 e. The number of aryl methyl sites for hydroxylation is 1. The molecular formula is C20H19NO2. The molecule has 0 aliphatic heterocycles. The van der Waals surface area contributed by atoms with Crippen LogP contribution in [0, 0.1) is 6.92 Å². The molecule has 0 bridgehead atoms. The van der Waals surface area contributed by atoms with Gasteiger partial charge in [0.1, 0.15) is 11.4 Å². The maximum atomic E-state index is 11.2. The fourth-order valence-corrected chi connectivity index (χ4v) is 2.55. The fraction of sp³-hybridized carbons (Fsp3) is 0.150. The van der Waals surface area contributed by atoms with E-state index in [-0.39, 0.29) is 0 Å². The highest BCUT2D eigenvalue weighted by molar-refractivity contribution is 5.51. The van der Waals surface area contributed by atoms with Crippen molar-refractivity contribution in [1.82, 2.24) is 5.16 Å². The molecule has 1 aromatic heterocycles. The molecule has 0 aliphatic carbocycles. The van der Waals surface area contributed by atoms with E-state index in [0.29, 0.717) is 12.2 Å². The van der Waals surface area contributed by atoms with Gasteiger partial charge in [-0.3, -0.25) is 0 Å². The third-order valence-corrected chi connectivity index (χ3v) is 3.75. The van der Waals surface area contributed by atoms with Gasteiger partial charge in [0, 0.05) is 12.5 Å². The first kappa shape index (κ1) is 15.3. The topological polar surface area (TPSA) is 46.3 Å². The molecule has 1 atom stereocenters. The Bertz CT molecular complexity index is 778. The molecule has 3 rings (SSSR count). The predicted molar refractivity (Wildman–Crippen MR) is 90.8 cm³/mol. The van der Waals surface area contributed by atoms with E-state index in [1.165, 1.54) is 0 Å². The van der Waals surface area contributed by atoms with Gasteiger partial charge in [-0.15, -0.1) is 0 Å². The van der Waals surface area contributed by atoms with E-state index in [0.717, 1.165) is 16.8 Å². The molecule has 0 fully saturated rings. The lowest BCUT2D eigenvalue weighted by atomic mass is 9.88. The van der Waals surface area contributed by atoms with Gasteiger partial charge in [0.05, 0.1) is 5.69 Å². The number of hydrogen-bond donors (Lipinski definition) is 1. The Labute approximate surface area is 135 Å². The second-order valence-corrected chi connectivity index (χ2v) is 5.65. The van der Waals surface area contributed by atoms with Crippen molar-refractivity contribution < 1.29 is 9.63 Å². The van der Waals surface area contributed by atoms with E-state index >= 15 is 0 Å². The molecule has 3 heteroatoms. The number of benzene rings is 2. The highest BCUT2D eigenvalue weighted by Crippen LogP contribution is 2.28. The van der Waals surface area contributed by atoms with Gasteiger partial charge in [-0.1, -0.05) is 71.9 Å². The second-order valence-electron chi connectivity index (χ2n) is 5.65. The second kappa shape index (κ2) is 6.63. The molecule has 0 saturated carbocycles. The zero-order valence-corrected chi connectivity index (χ0v) is 13.0. The average Bonchev–Trinajstić information content (AvgIpc) is 2.99. The lowest BCUT2D eigenvalue weighted by molar-refractivity contribution is 0.0825. The number of aliphatic hydroxyl groups is 1. The van der Waals surface area contributed by atoms with Crippen LogP contribution < -0.4 is 0 Å². The Hall–Kier alpha value is -2.65. The molecular weight excluding hydrogens is 286 g/mol. The first-order valence-electron chi connectivity index (χ1n) is 7.60. The van der Waals surface area contributed by atoms with Crippen molar-refractivity contribution in [2.24, 2.45) is 0 Å². The van der Waals surface area contributed by atoms with Gasteiger partial charge in [-0.05, 0) is 24.1 Å². The molecule has 1 heterocycles. The quantitative estimate of drug-likeness (QED) is 0.771. The summed E-state index contributed by atoms with van der Waals surface area (Å²) < 4.78 is 5.29. The molecule has 1 N–H and O–H groups in total. The van der Waals surface area contributed by atoms with E-state index < -0.39 is 5.60 Å². The van der Waals surface area contributed by atoms with E-state index in [2.05, 4.69) is 5.16 Å². The summed E-state index contributed by atoms with van der Waals surface area (Å²) in [5.74, 6) is 0.659. The molecule has 0 amide bonds. The Morgan fingerprint density at radius 3 is 2.30 bits per heavy atom. The molecule has 23 heavy (non-hydrogen) atoms. The highest BCUT2D eigenvalue weighted by atomic mass is 16.5.